The Morgan fingerprint density at radius 1 is 1.42 bits per heavy atom. The Balaban J connectivity index is 1.98. The van der Waals surface area contributed by atoms with Crippen molar-refractivity contribution in [2.75, 3.05) is 6.54 Å². The van der Waals surface area contributed by atoms with Crippen molar-refractivity contribution in [2.24, 2.45) is 0 Å². The molecule has 1 aromatic carbocycles. The van der Waals surface area contributed by atoms with Crippen LogP contribution in [0.4, 0.5) is 8.78 Å². The highest BCUT2D eigenvalue weighted by molar-refractivity contribution is 6.33. The maximum atomic E-state index is 13.5. The Bertz CT molecular complexity index is 791. The smallest absolute Gasteiger partial charge is 0.255 e. The van der Waals surface area contributed by atoms with Crippen molar-refractivity contribution >= 4 is 17.5 Å². The van der Waals surface area contributed by atoms with Gasteiger partial charge in [-0.2, -0.15) is 0 Å². The molecule has 24 heavy (non-hydrogen) atoms. The number of hydrogen-bond acceptors (Lipinski definition) is 3. The largest absolute Gasteiger partial charge is 0.361 e. The van der Waals surface area contributed by atoms with E-state index >= 15 is 0 Å². The number of carbonyl (C=O) groups is 1. The number of nitrogens with zero attached hydrogens (tertiary/aromatic N) is 2. The second-order valence-electron chi connectivity index (χ2n) is 5.86. The molecule has 1 aliphatic heterocycles. The van der Waals surface area contributed by atoms with Crippen LogP contribution in [-0.2, 0) is 6.42 Å². The summed E-state index contributed by atoms with van der Waals surface area (Å²) < 4.78 is 32.1. The van der Waals surface area contributed by atoms with E-state index in [2.05, 4.69) is 5.16 Å². The molecular weight excluding hydrogens is 338 g/mol. The molecule has 0 saturated carbocycles. The minimum atomic E-state index is -1.09. The van der Waals surface area contributed by atoms with E-state index in [1.54, 1.807) is 4.90 Å². The van der Waals surface area contributed by atoms with E-state index < -0.39 is 17.5 Å². The molecule has 1 aliphatic rings. The maximum Gasteiger partial charge on any atom is 0.255 e. The van der Waals surface area contributed by atoms with E-state index in [4.69, 9.17) is 16.1 Å². The summed E-state index contributed by atoms with van der Waals surface area (Å²) in [6.45, 7) is 4.31. The summed E-state index contributed by atoms with van der Waals surface area (Å²) in [5, 5.41) is 3.90. The van der Waals surface area contributed by atoms with Crippen LogP contribution in [0.15, 0.2) is 16.7 Å². The predicted octanol–water partition coefficient (Wildman–Crippen LogP) is 4.45. The monoisotopic (exact) mass is 354 g/mol. The molecular formula is C17H17ClF2N2O2. The number of hydrogen-bond donors (Lipinski definition) is 0. The molecule has 2 heterocycles. The zero-order valence-electron chi connectivity index (χ0n) is 13.4. The molecule has 128 valence electrons. The number of halogens is 3. The summed E-state index contributed by atoms with van der Waals surface area (Å²) in [7, 11) is 0. The quantitative estimate of drug-likeness (QED) is 0.765. The van der Waals surface area contributed by atoms with Crippen LogP contribution in [0.25, 0.3) is 0 Å². The first-order chi connectivity index (χ1) is 11.4. The van der Waals surface area contributed by atoms with E-state index in [-0.39, 0.29) is 16.6 Å². The van der Waals surface area contributed by atoms with Gasteiger partial charge in [0.15, 0.2) is 11.6 Å². The van der Waals surface area contributed by atoms with Crippen LogP contribution in [0.3, 0.4) is 0 Å². The van der Waals surface area contributed by atoms with Crippen LogP contribution in [0.2, 0.25) is 5.02 Å². The number of likely N-dealkylation sites (tertiary alicyclic amines) is 1. The number of amides is 1. The van der Waals surface area contributed by atoms with Crippen molar-refractivity contribution < 1.29 is 18.1 Å². The van der Waals surface area contributed by atoms with E-state index in [1.165, 1.54) is 0 Å². The lowest BCUT2D eigenvalue weighted by molar-refractivity contribution is 0.0734. The Morgan fingerprint density at radius 2 is 2.12 bits per heavy atom. The van der Waals surface area contributed by atoms with Gasteiger partial charge in [0.1, 0.15) is 5.76 Å². The summed E-state index contributed by atoms with van der Waals surface area (Å²) in [5.74, 6) is -1.83. The number of aromatic nitrogens is 1. The second kappa shape index (κ2) is 6.51. The van der Waals surface area contributed by atoms with Crippen LogP contribution < -0.4 is 0 Å². The van der Waals surface area contributed by atoms with Gasteiger partial charge in [0.25, 0.3) is 5.91 Å². The molecule has 2 aromatic rings. The summed E-state index contributed by atoms with van der Waals surface area (Å²) in [6, 6.07) is 1.50. The van der Waals surface area contributed by atoms with Crippen molar-refractivity contribution in [1.82, 2.24) is 10.1 Å². The average molecular weight is 355 g/mol. The third-order valence-corrected chi connectivity index (χ3v) is 4.70. The van der Waals surface area contributed by atoms with Gasteiger partial charge in [0.2, 0.25) is 0 Å². The zero-order valence-corrected chi connectivity index (χ0v) is 14.2. The summed E-state index contributed by atoms with van der Waals surface area (Å²) in [6.07, 6.45) is 2.24. The van der Waals surface area contributed by atoms with Gasteiger partial charge in [0.05, 0.1) is 22.3 Å². The molecule has 0 N–H and O–H groups in total. The average Bonchev–Trinajstić information content (AvgIpc) is 3.16. The molecule has 0 aliphatic carbocycles. The van der Waals surface area contributed by atoms with Crippen molar-refractivity contribution in [3.05, 3.63) is 51.4 Å². The molecule has 0 spiro atoms. The predicted molar refractivity (Wildman–Crippen MR) is 85.0 cm³/mol. The molecule has 3 rings (SSSR count). The first kappa shape index (κ1) is 16.9. The molecule has 1 amide bonds. The molecule has 0 bridgehead atoms. The highest BCUT2D eigenvalue weighted by Crippen LogP contribution is 2.37. The van der Waals surface area contributed by atoms with Gasteiger partial charge in [-0.05, 0) is 31.9 Å². The van der Waals surface area contributed by atoms with Crippen LogP contribution in [0, 0.1) is 18.6 Å². The van der Waals surface area contributed by atoms with E-state index in [1.807, 2.05) is 13.8 Å². The van der Waals surface area contributed by atoms with Crippen molar-refractivity contribution in [3.8, 4) is 0 Å². The SMILES string of the molecule is CCc1onc(C)c1[C@@H]1CCCN1C(=O)c1cc(F)c(F)cc1Cl. The highest BCUT2D eigenvalue weighted by Gasteiger charge is 2.35. The lowest BCUT2D eigenvalue weighted by Gasteiger charge is -2.25. The third-order valence-electron chi connectivity index (χ3n) is 4.39. The van der Waals surface area contributed by atoms with Crippen LogP contribution >= 0.6 is 11.6 Å². The van der Waals surface area contributed by atoms with Gasteiger partial charge in [-0.15, -0.1) is 0 Å². The second-order valence-corrected chi connectivity index (χ2v) is 6.27. The van der Waals surface area contributed by atoms with E-state index in [0.717, 1.165) is 42.0 Å². The molecule has 0 unspecified atom stereocenters. The van der Waals surface area contributed by atoms with Crippen molar-refractivity contribution in [2.45, 2.75) is 39.2 Å². The first-order valence-corrected chi connectivity index (χ1v) is 8.22. The summed E-state index contributed by atoms with van der Waals surface area (Å²) in [4.78, 5) is 14.5. The maximum absolute atomic E-state index is 13.5. The Labute approximate surface area is 143 Å². The number of rotatable bonds is 3. The standard InChI is InChI=1S/C17H17ClF2N2O2/c1-3-15-16(9(2)21-24-15)14-5-4-6-22(14)17(23)10-7-12(19)13(20)8-11(10)18/h7-8,14H,3-6H2,1-2H3/t14-/m0/s1. The Hall–Kier alpha value is -1.95. The number of benzene rings is 1. The molecule has 1 aromatic heterocycles. The minimum absolute atomic E-state index is 0.0328. The number of aryl methyl sites for hydroxylation is 2. The van der Waals surface area contributed by atoms with E-state index in [9.17, 15) is 13.6 Å². The van der Waals surface area contributed by atoms with E-state index in [0.29, 0.717) is 13.0 Å². The molecule has 0 radical (unpaired) electrons. The normalized spacial score (nSPS) is 17.5. The Morgan fingerprint density at radius 3 is 2.83 bits per heavy atom. The summed E-state index contributed by atoms with van der Waals surface area (Å²) in [5.41, 5.74) is 1.62. The van der Waals surface area contributed by atoms with Gasteiger partial charge < -0.3 is 9.42 Å². The van der Waals surface area contributed by atoms with Crippen LogP contribution in [-0.4, -0.2) is 22.5 Å². The van der Waals surface area contributed by atoms with Crippen molar-refractivity contribution in [3.63, 3.8) is 0 Å². The fourth-order valence-corrected chi connectivity index (χ4v) is 3.49. The molecule has 1 atom stereocenters. The molecule has 7 heteroatoms. The van der Waals surface area contributed by atoms with Gasteiger partial charge in [-0.25, -0.2) is 8.78 Å². The topological polar surface area (TPSA) is 46.3 Å². The molecule has 1 fully saturated rings. The van der Waals surface area contributed by atoms with Gasteiger partial charge >= 0.3 is 0 Å². The van der Waals surface area contributed by atoms with Crippen LogP contribution in [0.1, 0.15) is 53.2 Å². The summed E-state index contributed by atoms with van der Waals surface area (Å²) >= 11 is 5.95. The highest BCUT2D eigenvalue weighted by atomic mass is 35.5. The van der Waals surface area contributed by atoms with Crippen LogP contribution in [0.5, 0.6) is 0 Å². The van der Waals surface area contributed by atoms with Gasteiger partial charge in [-0.1, -0.05) is 23.7 Å². The zero-order chi connectivity index (χ0) is 17.4. The fraction of sp³-hybridized carbons (Fsp3) is 0.412. The fourth-order valence-electron chi connectivity index (χ4n) is 3.26. The minimum Gasteiger partial charge on any atom is -0.361 e. The molecule has 1 saturated heterocycles. The van der Waals surface area contributed by atoms with Crippen molar-refractivity contribution in [1.29, 1.82) is 0 Å². The third kappa shape index (κ3) is 2.79. The first-order valence-electron chi connectivity index (χ1n) is 7.84. The van der Waals surface area contributed by atoms with Gasteiger partial charge in [-0.3, -0.25) is 4.79 Å². The Kier molecular flexibility index (Phi) is 4.58. The lowest BCUT2D eigenvalue weighted by atomic mass is 10.0. The van der Waals surface area contributed by atoms with Gasteiger partial charge in [0, 0.05) is 18.5 Å². The lowest BCUT2D eigenvalue weighted by Crippen LogP contribution is -2.31. The molecule has 4 nitrogen and oxygen atoms in total. The number of carbonyl (C=O) groups excluding carboxylic acids is 1.